The molecule has 0 spiro atoms. The highest BCUT2D eigenvalue weighted by atomic mass is 16.3. The van der Waals surface area contributed by atoms with E-state index >= 15 is 0 Å². The van der Waals surface area contributed by atoms with Crippen molar-refractivity contribution in [2.75, 3.05) is 4.90 Å². The lowest BCUT2D eigenvalue weighted by Crippen LogP contribution is -2.10. The molecule has 10 aromatic rings. The van der Waals surface area contributed by atoms with Crippen LogP contribution >= 0.6 is 0 Å². The summed E-state index contributed by atoms with van der Waals surface area (Å²) >= 11 is 0. The Bertz CT molecular complexity index is 2730. The van der Waals surface area contributed by atoms with Crippen molar-refractivity contribution in [1.29, 1.82) is 0 Å². The van der Waals surface area contributed by atoms with Gasteiger partial charge < -0.3 is 13.9 Å². The number of anilines is 3. The average molecular weight is 653 g/mol. The molecule has 0 saturated carbocycles. The second kappa shape index (κ2) is 11.9. The van der Waals surface area contributed by atoms with E-state index in [0.29, 0.717) is 0 Å². The summed E-state index contributed by atoms with van der Waals surface area (Å²) in [6.07, 6.45) is 0. The standard InChI is InChI=1S/C48H32N2O/c1-4-14-33(15-5-1)35-24-28-38(29-25-35)49(39-30-26-36(27-31-39)34-16-6-2-7-17-34)44-32-43-46(47-41-21-11-13-23-45(41)51-48(44)47)40-20-10-12-22-42(40)50(43)37-18-8-3-9-19-37/h1-32H. The van der Waals surface area contributed by atoms with E-state index in [9.17, 15) is 0 Å². The summed E-state index contributed by atoms with van der Waals surface area (Å²) in [7, 11) is 0. The van der Waals surface area contributed by atoms with E-state index < -0.39 is 0 Å². The second-order valence-electron chi connectivity index (χ2n) is 12.9. The molecular weight excluding hydrogens is 621 g/mol. The normalized spacial score (nSPS) is 11.5. The van der Waals surface area contributed by atoms with Gasteiger partial charge in [-0.15, -0.1) is 0 Å². The zero-order valence-corrected chi connectivity index (χ0v) is 27.8. The first kappa shape index (κ1) is 29.1. The molecule has 10 rings (SSSR count). The van der Waals surface area contributed by atoms with Gasteiger partial charge in [-0.25, -0.2) is 0 Å². The van der Waals surface area contributed by atoms with Gasteiger partial charge in [0.1, 0.15) is 5.58 Å². The van der Waals surface area contributed by atoms with Crippen molar-refractivity contribution in [2.45, 2.75) is 0 Å². The molecule has 0 aliphatic heterocycles. The quantitative estimate of drug-likeness (QED) is 0.178. The first-order chi connectivity index (χ1) is 25.3. The molecule has 3 nitrogen and oxygen atoms in total. The van der Waals surface area contributed by atoms with Crippen molar-refractivity contribution < 1.29 is 4.42 Å². The van der Waals surface area contributed by atoms with Crippen molar-refractivity contribution in [3.63, 3.8) is 0 Å². The van der Waals surface area contributed by atoms with E-state index in [2.05, 4.69) is 204 Å². The lowest BCUT2D eigenvalue weighted by molar-refractivity contribution is 0.669. The van der Waals surface area contributed by atoms with Gasteiger partial charge >= 0.3 is 0 Å². The predicted octanol–water partition coefficient (Wildman–Crippen LogP) is 13.5. The molecule has 0 N–H and O–H groups in total. The molecule has 3 heteroatoms. The van der Waals surface area contributed by atoms with Crippen molar-refractivity contribution in [3.8, 4) is 27.9 Å². The van der Waals surface area contributed by atoms with Crippen LogP contribution in [0.1, 0.15) is 0 Å². The number of benzene rings is 8. The van der Waals surface area contributed by atoms with E-state index in [1.165, 1.54) is 33.0 Å². The number of hydrogen-bond donors (Lipinski definition) is 0. The number of para-hydroxylation sites is 3. The average Bonchev–Trinajstić information content (AvgIpc) is 3.76. The van der Waals surface area contributed by atoms with Gasteiger partial charge in [0, 0.05) is 38.6 Å². The van der Waals surface area contributed by atoms with Gasteiger partial charge in [-0.1, -0.05) is 140 Å². The Morgan fingerprint density at radius 1 is 0.392 bits per heavy atom. The van der Waals surface area contributed by atoms with Gasteiger partial charge in [-0.05, 0) is 76.9 Å². The molecular formula is C48H32N2O. The van der Waals surface area contributed by atoms with Crippen LogP contribution in [0.15, 0.2) is 199 Å². The van der Waals surface area contributed by atoms with Gasteiger partial charge in [0.05, 0.1) is 16.7 Å². The van der Waals surface area contributed by atoms with Gasteiger partial charge in [-0.2, -0.15) is 0 Å². The van der Waals surface area contributed by atoms with E-state index in [-0.39, 0.29) is 0 Å². The van der Waals surface area contributed by atoms with E-state index in [4.69, 9.17) is 4.42 Å². The van der Waals surface area contributed by atoms with Crippen LogP contribution in [-0.2, 0) is 0 Å². The van der Waals surface area contributed by atoms with Crippen LogP contribution in [0.5, 0.6) is 0 Å². The van der Waals surface area contributed by atoms with Gasteiger partial charge in [-0.3, -0.25) is 0 Å². The minimum absolute atomic E-state index is 0.860. The SMILES string of the molecule is c1ccc(-c2ccc(N(c3ccc(-c4ccccc4)cc3)c3cc4c(c5ccccc5n4-c4ccccc4)c4c3oc3ccccc34)cc2)cc1. The lowest BCUT2D eigenvalue weighted by Gasteiger charge is -2.26. The Morgan fingerprint density at radius 3 is 1.49 bits per heavy atom. The summed E-state index contributed by atoms with van der Waals surface area (Å²) in [5.74, 6) is 0. The number of fused-ring (bicyclic) bond motifs is 7. The molecule has 0 unspecified atom stereocenters. The summed E-state index contributed by atoms with van der Waals surface area (Å²) in [5, 5.41) is 4.62. The van der Waals surface area contributed by atoms with Crippen LogP contribution in [0.2, 0.25) is 0 Å². The molecule has 51 heavy (non-hydrogen) atoms. The van der Waals surface area contributed by atoms with Crippen LogP contribution < -0.4 is 4.90 Å². The maximum absolute atomic E-state index is 6.91. The van der Waals surface area contributed by atoms with E-state index in [1.807, 2.05) is 0 Å². The Balaban J connectivity index is 1.29. The van der Waals surface area contributed by atoms with Crippen LogP contribution in [0.25, 0.3) is 71.7 Å². The molecule has 0 radical (unpaired) electrons. The Kier molecular flexibility index (Phi) is 6.81. The highest BCUT2D eigenvalue weighted by Crippen LogP contribution is 2.48. The minimum atomic E-state index is 0.860. The molecule has 2 aromatic heterocycles. The largest absolute Gasteiger partial charge is 0.454 e. The molecule has 0 bridgehead atoms. The molecule has 0 atom stereocenters. The van der Waals surface area contributed by atoms with Crippen molar-refractivity contribution in [2.24, 2.45) is 0 Å². The van der Waals surface area contributed by atoms with Crippen LogP contribution in [-0.4, -0.2) is 4.57 Å². The third kappa shape index (κ3) is 4.82. The fourth-order valence-electron chi connectivity index (χ4n) is 7.64. The van der Waals surface area contributed by atoms with Crippen LogP contribution in [0.4, 0.5) is 17.1 Å². The number of furan rings is 1. The maximum atomic E-state index is 6.91. The molecule has 0 saturated heterocycles. The monoisotopic (exact) mass is 652 g/mol. The second-order valence-corrected chi connectivity index (χ2v) is 12.9. The molecule has 0 aliphatic rings. The highest BCUT2D eigenvalue weighted by molar-refractivity contribution is 6.30. The predicted molar refractivity (Wildman–Crippen MR) is 214 cm³/mol. The van der Waals surface area contributed by atoms with Crippen LogP contribution in [0.3, 0.4) is 0 Å². The molecule has 8 aromatic carbocycles. The third-order valence-electron chi connectivity index (χ3n) is 9.98. The number of nitrogens with zero attached hydrogens (tertiary/aromatic N) is 2. The third-order valence-corrected chi connectivity index (χ3v) is 9.98. The Hall–Kier alpha value is -6.84. The fourth-order valence-corrected chi connectivity index (χ4v) is 7.64. The van der Waals surface area contributed by atoms with Gasteiger partial charge in [0.15, 0.2) is 5.58 Å². The molecule has 240 valence electrons. The van der Waals surface area contributed by atoms with Gasteiger partial charge in [0.25, 0.3) is 0 Å². The van der Waals surface area contributed by atoms with Crippen molar-refractivity contribution in [1.82, 2.24) is 4.57 Å². The molecule has 0 amide bonds. The van der Waals surface area contributed by atoms with Crippen molar-refractivity contribution in [3.05, 3.63) is 194 Å². The summed E-state index contributed by atoms with van der Waals surface area (Å²) in [4.78, 5) is 2.35. The summed E-state index contributed by atoms with van der Waals surface area (Å²) in [5.41, 5.74) is 12.9. The Labute approximate surface area is 295 Å². The fraction of sp³-hybridized carbons (Fsp3) is 0. The number of hydrogen-bond acceptors (Lipinski definition) is 2. The summed E-state index contributed by atoms with van der Waals surface area (Å²) in [6, 6.07) is 69.0. The van der Waals surface area contributed by atoms with Gasteiger partial charge in [0.2, 0.25) is 0 Å². The van der Waals surface area contributed by atoms with Crippen LogP contribution in [0, 0.1) is 0 Å². The molecule has 0 fully saturated rings. The molecule has 0 aliphatic carbocycles. The Morgan fingerprint density at radius 2 is 0.882 bits per heavy atom. The topological polar surface area (TPSA) is 21.3 Å². The first-order valence-corrected chi connectivity index (χ1v) is 17.4. The summed E-state index contributed by atoms with van der Waals surface area (Å²) < 4.78 is 9.31. The van der Waals surface area contributed by atoms with E-state index in [0.717, 1.165) is 55.7 Å². The maximum Gasteiger partial charge on any atom is 0.160 e. The van der Waals surface area contributed by atoms with Crippen molar-refractivity contribution >= 4 is 60.8 Å². The zero-order valence-electron chi connectivity index (χ0n) is 27.8. The highest BCUT2D eigenvalue weighted by Gasteiger charge is 2.25. The zero-order chi connectivity index (χ0) is 33.7. The minimum Gasteiger partial charge on any atom is -0.454 e. The number of aromatic nitrogens is 1. The number of rotatable bonds is 6. The molecule has 2 heterocycles. The summed E-state index contributed by atoms with van der Waals surface area (Å²) in [6.45, 7) is 0. The first-order valence-electron chi connectivity index (χ1n) is 17.4. The van der Waals surface area contributed by atoms with E-state index in [1.54, 1.807) is 0 Å². The smallest absolute Gasteiger partial charge is 0.160 e. The lowest BCUT2D eigenvalue weighted by atomic mass is 10.0.